The van der Waals surface area contributed by atoms with E-state index in [-0.39, 0.29) is 5.76 Å². The topological polar surface area (TPSA) is 91.0 Å². The van der Waals surface area contributed by atoms with E-state index in [1.54, 1.807) is 19.9 Å². The van der Waals surface area contributed by atoms with Gasteiger partial charge in [-0.15, -0.1) is 0 Å². The van der Waals surface area contributed by atoms with Crippen LogP contribution in [0.5, 0.6) is 0 Å². The van der Waals surface area contributed by atoms with Crippen LogP contribution in [0.25, 0.3) is 0 Å². The summed E-state index contributed by atoms with van der Waals surface area (Å²) in [6, 6.07) is 0. The molecule has 1 aliphatic carbocycles. The van der Waals surface area contributed by atoms with E-state index in [0.29, 0.717) is 23.3 Å². The van der Waals surface area contributed by atoms with Gasteiger partial charge in [-0.1, -0.05) is 6.08 Å². The van der Waals surface area contributed by atoms with Gasteiger partial charge in [0.15, 0.2) is 0 Å². The van der Waals surface area contributed by atoms with Crippen LogP contribution < -0.4 is 5.73 Å². The Morgan fingerprint density at radius 3 is 2.29 bits per heavy atom. The number of methoxy groups -OCH3 is 3. The summed E-state index contributed by atoms with van der Waals surface area (Å²) in [5, 5.41) is 10.3. The average Bonchev–Trinajstić information content (AvgIpc) is 2.47. The summed E-state index contributed by atoms with van der Waals surface area (Å²) in [7, 11) is 4.55. The lowest BCUT2D eigenvalue weighted by Crippen LogP contribution is -2.38. The van der Waals surface area contributed by atoms with Crippen molar-refractivity contribution in [1.82, 2.24) is 0 Å². The number of aliphatic hydroxyl groups is 1. The van der Waals surface area contributed by atoms with Gasteiger partial charge in [-0.25, -0.2) is 0 Å². The molecule has 0 saturated heterocycles. The number of carbonyl (C=O) groups is 1. The first-order chi connectivity index (χ1) is 9.88. The third-order valence-corrected chi connectivity index (χ3v) is 3.67. The third-order valence-electron chi connectivity index (χ3n) is 3.67. The van der Waals surface area contributed by atoms with E-state index < -0.39 is 18.1 Å². The maximum Gasteiger partial charge on any atom is 0.244 e. The highest BCUT2D eigenvalue weighted by Gasteiger charge is 2.37. The number of nitrogens with two attached hydrogens (primary N) is 1. The van der Waals surface area contributed by atoms with Gasteiger partial charge >= 0.3 is 0 Å². The van der Waals surface area contributed by atoms with Gasteiger partial charge in [0.1, 0.15) is 23.7 Å². The molecule has 21 heavy (non-hydrogen) atoms. The van der Waals surface area contributed by atoms with E-state index in [2.05, 4.69) is 0 Å². The molecular weight excluding hydrogens is 274 g/mol. The third kappa shape index (κ3) is 3.46. The molecule has 2 unspecified atom stereocenters. The van der Waals surface area contributed by atoms with Crippen LogP contribution in [-0.2, 0) is 19.0 Å². The van der Waals surface area contributed by atoms with Crippen LogP contribution in [0.4, 0.5) is 0 Å². The first-order valence-corrected chi connectivity index (χ1v) is 6.58. The van der Waals surface area contributed by atoms with Gasteiger partial charge in [0.05, 0.1) is 7.11 Å². The predicted octanol–water partition coefficient (Wildman–Crippen LogP) is 1.58. The Bertz CT molecular complexity index is 504. The summed E-state index contributed by atoms with van der Waals surface area (Å²) in [5.41, 5.74) is 7.08. The van der Waals surface area contributed by atoms with Crippen molar-refractivity contribution in [3.63, 3.8) is 0 Å². The van der Waals surface area contributed by atoms with Crippen LogP contribution in [-0.4, -0.2) is 44.6 Å². The first-order valence-electron chi connectivity index (χ1n) is 6.58. The zero-order chi connectivity index (χ0) is 16.2. The predicted molar refractivity (Wildman–Crippen MR) is 78.5 cm³/mol. The summed E-state index contributed by atoms with van der Waals surface area (Å²) in [5.74, 6) is 0.202. The van der Waals surface area contributed by atoms with Crippen LogP contribution in [0.1, 0.15) is 20.3 Å². The smallest absolute Gasteiger partial charge is 0.244 e. The number of rotatable bonds is 6. The minimum Gasteiger partial charge on any atom is -0.509 e. The SMILES string of the molecule is COC1=C(C/C=C(\C)C(N)=O)C(C)=C(O)C(OC)C1OC. The van der Waals surface area contributed by atoms with Gasteiger partial charge in [-0.05, 0) is 25.8 Å². The maximum absolute atomic E-state index is 11.1. The Morgan fingerprint density at radius 2 is 1.86 bits per heavy atom. The fourth-order valence-electron chi connectivity index (χ4n) is 2.32. The molecule has 0 fully saturated rings. The quantitative estimate of drug-likeness (QED) is 0.726. The van der Waals surface area contributed by atoms with Gasteiger partial charge in [0, 0.05) is 25.4 Å². The van der Waals surface area contributed by atoms with Crippen molar-refractivity contribution in [2.45, 2.75) is 32.5 Å². The first kappa shape index (κ1) is 17.3. The second-order valence-corrected chi connectivity index (χ2v) is 4.83. The molecule has 6 nitrogen and oxygen atoms in total. The number of ether oxygens (including phenoxy) is 3. The highest BCUT2D eigenvalue weighted by Crippen LogP contribution is 2.35. The molecule has 0 spiro atoms. The van der Waals surface area contributed by atoms with Crippen LogP contribution in [0.2, 0.25) is 0 Å². The van der Waals surface area contributed by atoms with Gasteiger partial charge in [-0.3, -0.25) is 4.79 Å². The molecule has 1 rings (SSSR count). The Balaban J connectivity index is 3.26. The lowest BCUT2D eigenvalue weighted by atomic mass is 9.89. The zero-order valence-corrected chi connectivity index (χ0v) is 13.1. The van der Waals surface area contributed by atoms with Crippen LogP contribution >= 0.6 is 0 Å². The highest BCUT2D eigenvalue weighted by atomic mass is 16.6. The molecule has 6 heteroatoms. The van der Waals surface area contributed by atoms with Crippen LogP contribution in [0.3, 0.4) is 0 Å². The average molecular weight is 297 g/mol. The van der Waals surface area contributed by atoms with Crippen molar-refractivity contribution in [3.8, 4) is 0 Å². The van der Waals surface area contributed by atoms with Crippen LogP contribution in [0.15, 0.2) is 34.3 Å². The zero-order valence-electron chi connectivity index (χ0n) is 13.1. The van der Waals surface area contributed by atoms with Crippen LogP contribution in [0, 0.1) is 0 Å². The second kappa shape index (κ2) is 7.28. The van der Waals surface area contributed by atoms with Crippen molar-refractivity contribution in [1.29, 1.82) is 0 Å². The molecule has 0 heterocycles. The highest BCUT2D eigenvalue weighted by molar-refractivity contribution is 5.91. The molecule has 0 aromatic rings. The molecule has 1 aliphatic rings. The number of hydrogen-bond donors (Lipinski definition) is 2. The Morgan fingerprint density at radius 1 is 1.29 bits per heavy atom. The lowest BCUT2D eigenvalue weighted by molar-refractivity contribution is -0.114. The number of hydrogen-bond acceptors (Lipinski definition) is 5. The molecule has 1 amide bonds. The maximum atomic E-state index is 11.1. The van der Waals surface area contributed by atoms with Crippen molar-refractivity contribution in [2.24, 2.45) is 5.73 Å². The summed E-state index contributed by atoms with van der Waals surface area (Å²) in [6.45, 7) is 3.41. The van der Waals surface area contributed by atoms with Gasteiger partial charge in [0.25, 0.3) is 0 Å². The Kier molecular flexibility index (Phi) is 5.99. The van der Waals surface area contributed by atoms with E-state index in [1.165, 1.54) is 21.3 Å². The van der Waals surface area contributed by atoms with E-state index >= 15 is 0 Å². The number of amides is 1. The van der Waals surface area contributed by atoms with E-state index in [4.69, 9.17) is 19.9 Å². The second-order valence-electron chi connectivity index (χ2n) is 4.83. The van der Waals surface area contributed by atoms with Gasteiger partial charge in [0.2, 0.25) is 5.91 Å². The fourth-order valence-corrected chi connectivity index (χ4v) is 2.32. The molecule has 118 valence electrons. The fraction of sp³-hybridized carbons (Fsp3) is 0.533. The summed E-state index contributed by atoms with van der Waals surface area (Å²) in [6.07, 6.45) is 0.952. The number of primary amides is 1. The number of carbonyl (C=O) groups excluding carboxylic acids is 1. The summed E-state index contributed by atoms with van der Waals surface area (Å²) >= 11 is 0. The van der Waals surface area contributed by atoms with E-state index in [0.717, 1.165) is 5.57 Å². The standard InChI is InChI=1S/C15H23NO5/c1-8(15(16)18)6-7-10-9(2)11(17)13(20-4)14(21-5)12(10)19-3/h6,13-14,17H,7H2,1-5H3,(H2,16,18)/b8-6+. The van der Waals surface area contributed by atoms with Gasteiger partial charge in [-0.2, -0.15) is 0 Å². The summed E-state index contributed by atoms with van der Waals surface area (Å²) < 4.78 is 16.1. The Labute approximate surface area is 124 Å². The number of aliphatic hydroxyl groups excluding tert-OH is 1. The number of allylic oxidation sites excluding steroid dienone is 3. The lowest BCUT2D eigenvalue weighted by Gasteiger charge is -2.33. The molecule has 3 N–H and O–H groups in total. The minimum atomic E-state index is -0.616. The molecule has 2 atom stereocenters. The molecule has 0 aromatic heterocycles. The molecule has 0 radical (unpaired) electrons. The van der Waals surface area contributed by atoms with Gasteiger partial charge < -0.3 is 25.1 Å². The largest absolute Gasteiger partial charge is 0.509 e. The van der Waals surface area contributed by atoms with Crippen molar-refractivity contribution < 1.29 is 24.1 Å². The summed E-state index contributed by atoms with van der Waals surface area (Å²) in [4.78, 5) is 11.1. The monoisotopic (exact) mass is 297 g/mol. The molecule has 0 aliphatic heterocycles. The molecule has 0 bridgehead atoms. The van der Waals surface area contributed by atoms with Crippen molar-refractivity contribution in [2.75, 3.05) is 21.3 Å². The minimum absolute atomic E-state index is 0.102. The van der Waals surface area contributed by atoms with Crippen molar-refractivity contribution >= 4 is 5.91 Å². The van der Waals surface area contributed by atoms with E-state index in [9.17, 15) is 9.90 Å². The van der Waals surface area contributed by atoms with E-state index in [1.807, 2.05) is 0 Å². The molecular formula is C15H23NO5. The Hall–Kier alpha value is -1.79. The molecule has 0 saturated carbocycles. The molecule has 0 aromatic carbocycles. The normalized spacial score (nSPS) is 23.6. The van der Waals surface area contributed by atoms with Crippen molar-refractivity contribution in [3.05, 3.63) is 34.3 Å².